The lowest BCUT2D eigenvalue weighted by atomic mass is 9.95. The molecule has 0 aromatic heterocycles. The van der Waals surface area contributed by atoms with Gasteiger partial charge in [0.15, 0.2) is 6.04 Å². The van der Waals surface area contributed by atoms with Crippen LogP contribution in [0.5, 0.6) is 0 Å². The van der Waals surface area contributed by atoms with Crippen molar-refractivity contribution in [3.63, 3.8) is 0 Å². The predicted octanol–water partition coefficient (Wildman–Crippen LogP) is 2.77. The van der Waals surface area contributed by atoms with Crippen molar-refractivity contribution in [2.75, 3.05) is 14.2 Å². The molecule has 0 radical (unpaired) electrons. The molecular formula is C17H19NO4. The molecule has 0 fully saturated rings. The summed E-state index contributed by atoms with van der Waals surface area (Å²) >= 11 is 0. The second kappa shape index (κ2) is 7.70. The standard InChI is InChI=1S/C17H19NO4/c1-21-18(22-2)16(17(19)20)12-14-10-6-7-11-15(14)13-8-4-3-5-9-13/h3-11,16H,12H2,1-2H3,(H,19,20). The van der Waals surface area contributed by atoms with E-state index in [1.165, 1.54) is 14.2 Å². The number of benzene rings is 2. The van der Waals surface area contributed by atoms with Gasteiger partial charge in [-0.25, -0.2) is 0 Å². The fraction of sp³-hybridized carbons (Fsp3) is 0.235. The van der Waals surface area contributed by atoms with E-state index in [2.05, 4.69) is 0 Å². The quantitative estimate of drug-likeness (QED) is 0.797. The number of carbonyl (C=O) groups is 1. The number of carboxylic acid groups (broad SMARTS) is 1. The summed E-state index contributed by atoms with van der Waals surface area (Å²) in [6.07, 6.45) is 0.266. The van der Waals surface area contributed by atoms with Gasteiger partial charge in [0.25, 0.3) is 0 Å². The van der Waals surface area contributed by atoms with E-state index in [0.29, 0.717) is 0 Å². The highest BCUT2D eigenvalue weighted by molar-refractivity contribution is 5.75. The molecular weight excluding hydrogens is 282 g/mol. The van der Waals surface area contributed by atoms with Crippen molar-refractivity contribution in [1.29, 1.82) is 0 Å². The van der Waals surface area contributed by atoms with Gasteiger partial charge in [-0.15, -0.1) is 0 Å². The van der Waals surface area contributed by atoms with Crippen LogP contribution in [-0.2, 0) is 20.9 Å². The molecule has 1 unspecified atom stereocenters. The first-order valence-corrected chi connectivity index (χ1v) is 6.91. The summed E-state index contributed by atoms with van der Waals surface area (Å²) in [7, 11) is 2.76. The maximum atomic E-state index is 11.5. The average Bonchev–Trinajstić information content (AvgIpc) is 2.56. The first-order valence-electron chi connectivity index (χ1n) is 6.91. The number of hydrogen-bond donors (Lipinski definition) is 1. The molecule has 5 heteroatoms. The SMILES string of the molecule is CON(OC)C(Cc1ccccc1-c1ccccc1)C(=O)O. The summed E-state index contributed by atoms with van der Waals surface area (Å²) in [5.74, 6) is -1.01. The lowest BCUT2D eigenvalue weighted by Gasteiger charge is -2.24. The second-order valence-corrected chi connectivity index (χ2v) is 4.73. The Kier molecular flexibility index (Phi) is 5.66. The van der Waals surface area contributed by atoms with Gasteiger partial charge in [-0.05, 0) is 16.7 Å². The molecule has 0 saturated heterocycles. The Morgan fingerprint density at radius 2 is 1.64 bits per heavy atom. The minimum Gasteiger partial charge on any atom is -0.480 e. The fourth-order valence-electron chi connectivity index (χ4n) is 2.39. The Bertz CT molecular complexity index is 611. The summed E-state index contributed by atoms with van der Waals surface area (Å²) in [6, 6.07) is 16.7. The monoisotopic (exact) mass is 301 g/mol. The van der Waals surface area contributed by atoms with E-state index in [1.54, 1.807) is 0 Å². The number of carboxylic acids is 1. The fourth-order valence-corrected chi connectivity index (χ4v) is 2.39. The van der Waals surface area contributed by atoms with Gasteiger partial charge in [-0.1, -0.05) is 59.8 Å². The van der Waals surface area contributed by atoms with Gasteiger partial charge < -0.3 is 5.11 Å². The molecule has 0 bridgehead atoms. The van der Waals surface area contributed by atoms with Crippen LogP contribution in [0.15, 0.2) is 54.6 Å². The minimum absolute atomic E-state index is 0.266. The summed E-state index contributed by atoms with van der Waals surface area (Å²) in [5, 5.41) is 10.4. The number of hydrogen-bond acceptors (Lipinski definition) is 4. The van der Waals surface area contributed by atoms with Gasteiger partial charge in [0, 0.05) is 6.42 Å². The molecule has 0 aliphatic rings. The van der Waals surface area contributed by atoms with Crippen LogP contribution in [0.2, 0.25) is 0 Å². The Hall–Kier alpha value is -2.21. The Balaban J connectivity index is 2.34. The van der Waals surface area contributed by atoms with Crippen LogP contribution in [0.4, 0.5) is 0 Å². The Morgan fingerprint density at radius 1 is 1.05 bits per heavy atom. The molecule has 5 nitrogen and oxygen atoms in total. The topological polar surface area (TPSA) is 59.0 Å². The Labute approximate surface area is 129 Å². The first-order chi connectivity index (χ1) is 10.7. The van der Waals surface area contributed by atoms with Crippen molar-refractivity contribution in [2.45, 2.75) is 12.5 Å². The molecule has 0 heterocycles. The number of rotatable bonds is 7. The van der Waals surface area contributed by atoms with E-state index in [1.807, 2.05) is 54.6 Å². The maximum Gasteiger partial charge on any atom is 0.326 e. The van der Waals surface area contributed by atoms with Gasteiger partial charge in [0.05, 0.1) is 14.2 Å². The zero-order chi connectivity index (χ0) is 15.9. The van der Waals surface area contributed by atoms with Crippen LogP contribution >= 0.6 is 0 Å². The third-order valence-corrected chi connectivity index (χ3v) is 3.41. The molecule has 22 heavy (non-hydrogen) atoms. The number of nitrogens with zero attached hydrogens (tertiary/aromatic N) is 1. The van der Waals surface area contributed by atoms with Crippen LogP contribution in [0.1, 0.15) is 5.56 Å². The maximum absolute atomic E-state index is 11.5. The zero-order valence-corrected chi connectivity index (χ0v) is 12.6. The second-order valence-electron chi connectivity index (χ2n) is 4.73. The van der Waals surface area contributed by atoms with E-state index in [9.17, 15) is 9.90 Å². The van der Waals surface area contributed by atoms with Crippen molar-refractivity contribution in [3.05, 3.63) is 60.2 Å². The molecule has 2 aromatic carbocycles. The number of hydroxylamine groups is 2. The normalized spacial score (nSPS) is 12.3. The zero-order valence-electron chi connectivity index (χ0n) is 12.6. The highest BCUT2D eigenvalue weighted by atomic mass is 16.9. The third kappa shape index (κ3) is 3.71. The molecule has 2 aromatic rings. The summed E-state index contributed by atoms with van der Waals surface area (Å²) in [6.45, 7) is 0. The van der Waals surface area contributed by atoms with Gasteiger partial charge >= 0.3 is 5.97 Å². The van der Waals surface area contributed by atoms with E-state index >= 15 is 0 Å². The highest BCUT2D eigenvalue weighted by Gasteiger charge is 2.27. The van der Waals surface area contributed by atoms with Crippen molar-refractivity contribution in [3.8, 4) is 11.1 Å². The minimum atomic E-state index is -1.01. The lowest BCUT2D eigenvalue weighted by molar-refractivity contribution is -0.359. The van der Waals surface area contributed by atoms with Gasteiger partial charge in [0.1, 0.15) is 0 Å². The van der Waals surface area contributed by atoms with E-state index in [0.717, 1.165) is 21.9 Å². The predicted molar refractivity (Wildman–Crippen MR) is 82.9 cm³/mol. The summed E-state index contributed by atoms with van der Waals surface area (Å²) in [5.41, 5.74) is 2.96. The molecule has 116 valence electrons. The lowest BCUT2D eigenvalue weighted by Crippen LogP contribution is -2.41. The summed E-state index contributed by atoms with van der Waals surface area (Å²) < 4.78 is 0. The smallest absolute Gasteiger partial charge is 0.326 e. The highest BCUT2D eigenvalue weighted by Crippen LogP contribution is 2.25. The molecule has 0 saturated carbocycles. The largest absolute Gasteiger partial charge is 0.480 e. The van der Waals surface area contributed by atoms with E-state index in [-0.39, 0.29) is 6.42 Å². The molecule has 1 atom stereocenters. The molecule has 0 aliphatic heterocycles. The molecule has 1 N–H and O–H groups in total. The van der Waals surface area contributed by atoms with Crippen molar-refractivity contribution < 1.29 is 19.6 Å². The van der Waals surface area contributed by atoms with Gasteiger partial charge in [-0.2, -0.15) is 0 Å². The van der Waals surface area contributed by atoms with Gasteiger partial charge in [0.2, 0.25) is 0 Å². The molecule has 0 amide bonds. The van der Waals surface area contributed by atoms with Crippen LogP contribution < -0.4 is 0 Å². The van der Waals surface area contributed by atoms with Crippen molar-refractivity contribution in [2.24, 2.45) is 0 Å². The Morgan fingerprint density at radius 3 is 2.23 bits per heavy atom. The van der Waals surface area contributed by atoms with Crippen LogP contribution in [0, 0.1) is 0 Å². The van der Waals surface area contributed by atoms with Crippen molar-refractivity contribution in [1.82, 2.24) is 5.23 Å². The van der Waals surface area contributed by atoms with Crippen LogP contribution in [-0.4, -0.2) is 36.6 Å². The molecule has 2 rings (SSSR count). The van der Waals surface area contributed by atoms with Crippen molar-refractivity contribution >= 4 is 5.97 Å². The van der Waals surface area contributed by atoms with Crippen LogP contribution in [0.3, 0.4) is 0 Å². The molecule has 0 spiro atoms. The third-order valence-electron chi connectivity index (χ3n) is 3.41. The number of aliphatic carboxylic acids is 1. The first kappa shape index (κ1) is 16.2. The molecule has 0 aliphatic carbocycles. The summed E-state index contributed by atoms with van der Waals surface area (Å²) in [4.78, 5) is 21.5. The van der Waals surface area contributed by atoms with E-state index in [4.69, 9.17) is 9.68 Å². The van der Waals surface area contributed by atoms with Crippen LogP contribution in [0.25, 0.3) is 11.1 Å². The van der Waals surface area contributed by atoms with Gasteiger partial charge in [-0.3, -0.25) is 14.5 Å². The average molecular weight is 301 g/mol. The van der Waals surface area contributed by atoms with E-state index < -0.39 is 12.0 Å².